The zero-order valence-corrected chi connectivity index (χ0v) is 11.6. The second-order valence-corrected chi connectivity index (χ2v) is 4.29. The van der Waals surface area contributed by atoms with Gasteiger partial charge in [-0.3, -0.25) is 10.1 Å². The Balaban J connectivity index is 2.36. The number of hydrogen-bond donors (Lipinski definition) is 0. The zero-order valence-electron chi connectivity index (χ0n) is 10.8. The van der Waals surface area contributed by atoms with E-state index >= 15 is 0 Å². The predicted octanol–water partition coefficient (Wildman–Crippen LogP) is 2.24. The molecule has 0 saturated heterocycles. The predicted molar refractivity (Wildman–Crippen MR) is 73.5 cm³/mol. The van der Waals surface area contributed by atoms with E-state index in [0.717, 1.165) is 5.56 Å². The minimum atomic E-state index is -0.441. The molecule has 0 spiro atoms. The molecule has 1 heterocycles. The van der Waals surface area contributed by atoms with Crippen molar-refractivity contribution in [1.29, 1.82) is 0 Å². The number of halogens is 1. The first-order valence-corrected chi connectivity index (χ1v) is 6.42. The van der Waals surface area contributed by atoms with Crippen LogP contribution in [0.4, 0.5) is 5.69 Å². The Morgan fingerprint density at radius 1 is 1.35 bits per heavy atom. The summed E-state index contributed by atoms with van der Waals surface area (Å²) in [5.41, 5.74) is 0.782. The number of hydrogen-bond acceptors (Lipinski definition) is 5. The highest BCUT2D eigenvalue weighted by Crippen LogP contribution is 2.22. The Kier molecular flexibility index (Phi) is 4.65. The third-order valence-electron chi connectivity index (χ3n) is 2.80. The second kappa shape index (κ2) is 6.44. The molecule has 0 amide bonds. The summed E-state index contributed by atoms with van der Waals surface area (Å²) in [7, 11) is 1.61. The van der Waals surface area contributed by atoms with E-state index < -0.39 is 4.92 Å². The Morgan fingerprint density at radius 3 is 2.60 bits per heavy atom. The molecular formula is C12H13ClN4O3. The van der Waals surface area contributed by atoms with Crippen LogP contribution in [0.1, 0.15) is 5.82 Å². The van der Waals surface area contributed by atoms with Gasteiger partial charge in [0.05, 0.1) is 17.4 Å². The monoisotopic (exact) mass is 296 g/mol. The summed E-state index contributed by atoms with van der Waals surface area (Å²) in [5.74, 6) is 1.49. The maximum Gasteiger partial charge on any atom is 0.269 e. The fourth-order valence-electron chi connectivity index (χ4n) is 1.80. The number of ether oxygens (including phenoxy) is 1. The van der Waals surface area contributed by atoms with Crippen molar-refractivity contribution in [3.63, 3.8) is 0 Å². The van der Waals surface area contributed by atoms with Gasteiger partial charge in [-0.2, -0.15) is 0 Å². The molecule has 106 valence electrons. The lowest BCUT2D eigenvalue weighted by Gasteiger charge is -2.08. The molecule has 0 aliphatic carbocycles. The van der Waals surface area contributed by atoms with Gasteiger partial charge >= 0.3 is 0 Å². The van der Waals surface area contributed by atoms with Crippen LogP contribution < -0.4 is 0 Å². The minimum absolute atomic E-state index is 0.0364. The number of rotatable bonds is 6. The first-order chi connectivity index (χ1) is 9.67. The van der Waals surface area contributed by atoms with E-state index in [1.807, 2.05) is 4.57 Å². The van der Waals surface area contributed by atoms with E-state index in [1.54, 1.807) is 19.2 Å². The number of methoxy groups -OCH3 is 1. The minimum Gasteiger partial charge on any atom is -0.383 e. The molecule has 0 N–H and O–H groups in total. The summed E-state index contributed by atoms with van der Waals surface area (Å²) < 4.78 is 6.89. The Labute approximate surface area is 120 Å². The fourth-order valence-corrected chi connectivity index (χ4v) is 2.00. The van der Waals surface area contributed by atoms with Gasteiger partial charge in [-0.05, 0) is 12.1 Å². The number of benzene rings is 1. The molecule has 0 bridgehead atoms. The van der Waals surface area contributed by atoms with Gasteiger partial charge in [0.1, 0.15) is 5.82 Å². The average Bonchev–Trinajstić information content (AvgIpc) is 2.88. The molecule has 7 nitrogen and oxygen atoms in total. The summed E-state index contributed by atoms with van der Waals surface area (Å²) in [6.45, 7) is 1.07. The molecule has 0 fully saturated rings. The molecule has 0 saturated carbocycles. The second-order valence-electron chi connectivity index (χ2n) is 4.02. The van der Waals surface area contributed by atoms with Crippen LogP contribution in [-0.2, 0) is 17.2 Å². The van der Waals surface area contributed by atoms with Gasteiger partial charge in [-0.1, -0.05) is 0 Å². The van der Waals surface area contributed by atoms with Gasteiger partial charge in [-0.25, -0.2) is 0 Å². The number of nitrogens with zero attached hydrogens (tertiary/aromatic N) is 4. The van der Waals surface area contributed by atoms with Crippen molar-refractivity contribution in [2.75, 3.05) is 13.7 Å². The molecule has 0 aliphatic rings. The van der Waals surface area contributed by atoms with Crippen molar-refractivity contribution in [1.82, 2.24) is 14.8 Å². The van der Waals surface area contributed by atoms with Gasteiger partial charge in [0.2, 0.25) is 0 Å². The Morgan fingerprint density at radius 2 is 2.05 bits per heavy atom. The molecule has 1 aromatic heterocycles. The largest absolute Gasteiger partial charge is 0.383 e. The normalized spacial score (nSPS) is 10.7. The van der Waals surface area contributed by atoms with Crippen molar-refractivity contribution in [3.8, 4) is 11.4 Å². The number of alkyl halides is 1. The van der Waals surface area contributed by atoms with Gasteiger partial charge in [-0.15, -0.1) is 21.8 Å². The van der Waals surface area contributed by atoms with E-state index in [-0.39, 0.29) is 11.6 Å². The van der Waals surface area contributed by atoms with E-state index in [0.29, 0.717) is 24.8 Å². The van der Waals surface area contributed by atoms with E-state index in [2.05, 4.69) is 10.2 Å². The third-order valence-corrected chi connectivity index (χ3v) is 3.04. The first kappa shape index (κ1) is 14.4. The Hall–Kier alpha value is -1.99. The molecule has 2 rings (SSSR count). The standard InChI is InChI=1S/C12H13ClN4O3/c1-20-7-6-16-11(8-13)14-15-12(16)9-2-4-10(5-3-9)17(18)19/h2-5H,6-8H2,1H3. The fraction of sp³-hybridized carbons (Fsp3) is 0.333. The van der Waals surface area contributed by atoms with Gasteiger partial charge in [0, 0.05) is 31.4 Å². The average molecular weight is 297 g/mol. The van der Waals surface area contributed by atoms with Crippen molar-refractivity contribution in [2.45, 2.75) is 12.4 Å². The lowest BCUT2D eigenvalue weighted by molar-refractivity contribution is -0.384. The molecular weight excluding hydrogens is 284 g/mol. The molecule has 20 heavy (non-hydrogen) atoms. The molecule has 0 radical (unpaired) electrons. The molecule has 8 heteroatoms. The maximum absolute atomic E-state index is 10.6. The van der Waals surface area contributed by atoms with Crippen molar-refractivity contribution in [3.05, 3.63) is 40.2 Å². The van der Waals surface area contributed by atoms with Crippen LogP contribution in [0.3, 0.4) is 0 Å². The number of nitro groups is 1. The van der Waals surface area contributed by atoms with Crippen LogP contribution in [0, 0.1) is 10.1 Å². The van der Waals surface area contributed by atoms with Crippen molar-refractivity contribution in [2.24, 2.45) is 0 Å². The van der Waals surface area contributed by atoms with Crippen LogP contribution in [0.25, 0.3) is 11.4 Å². The summed E-state index contributed by atoms with van der Waals surface area (Å²) in [5, 5.41) is 18.7. The summed E-state index contributed by atoms with van der Waals surface area (Å²) in [6, 6.07) is 6.16. The maximum atomic E-state index is 10.6. The molecule has 2 aromatic rings. The number of aromatic nitrogens is 3. The highest BCUT2D eigenvalue weighted by Gasteiger charge is 2.14. The summed E-state index contributed by atoms with van der Waals surface area (Å²) in [4.78, 5) is 10.2. The van der Waals surface area contributed by atoms with Gasteiger partial charge in [0.15, 0.2) is 5.82 Å². The quantitative estimate of drug-likeness (QED) is 0.464. The van der Waals surface area contributed by atoms with E-state index in [1.165, 1.54) is 12.1 Å². The molecule has 1 aromatic carbocycles. The van der Waals surface area contributed by atoms with Crippen LogP contribution in [0.2, 0.25) is 0 Å². The molecule has 0 aliphatic heterocycles. The lowest BCUT2D eigenvalue weighted by atomic mass is 10.2. The van der Waals surface area contributed by atoms with E-state index in [9.17, 15) is 10.1 Å². The SMILES string of the molecule is COCCn1c(CCl)nnc1-c1ccc([N+](=O)[O-])cc1. The van der Waals surface area contributed by atoms with Gasteiger partial charge in [0.25, 0.3) is 5.69 Å². The highest BCUT2D eigenvalue weighted by molar-refractivity contribution is 6.16. The van der Waals surface area contributed by atoms with Crippen LogP contribution in [0.15, 0.2) is 24.3 Å². The first-order valence-electron chi connectivity index (χ1n) is 5.89. The van der Waals surface area contributed by atoms with Crippen LogP contribution >= 0.6 is 11.6 Å². The number of non-ortho nitro benzene ring substituents is 1. The van der Waals surface area contributed by atoms with Crippen LogP contribution in [0.5, 0.6) is 0 Å². The van der Waals surface area contributed by atoms with Gasteiger partial charge < -0.3 is 9.30 Å². The number of nitro benzene ring substituents is 1. The molecule has 0 unspecified atom stereocenters. The third kappa shape index (κ3) is 2.94. The molecule has 0 atom stereocenters. The summed E-state index contributed by atoms with van der Waals surface area (Å²) >= 11 is 5.83. The van der Waals surface area contributed by atoms with Crippen molar-refractivity contribution < 1.29 is 9.66 Å². The topological polar surface area (TPSA) is 83.1 Å². The lowest BCUT2D eigenvalue weighted by Crippen LogP contribution is -2.09. The summed E-state index contributed by atoms with van der Waals surface area (Å²) in [6.07, 6.45) is 0. The zero-order chi connectivity index (χ0) is 14.5. The van der Waals surface area contributed by atoms with E-state index in [4.69, 9.17) is 16.3 Å². The van der Waals surface area contributed by atoms with Crippen molar-refractivity contribution >= 4 is 17.3 Å². The smallest absolute Gasteiger partial charge is 0.269 e. The van der Waals surface area contributed by atoms with Crippen LogP contribution in [-0.4, -0.2) is 33.4 Å². The Bertz CT molecular complexity index is 597. The highest BCUT2D eigenvalue weighted by atomic mass is 35.5.